The highest BCUT2D eigenvalue weighted by Gasteiger charge is 2.16. The van der Waals surface area contributed by atoms with Crippen LogP contribution in [0, 0.1) is 10.1 Å². The van der Waals surface area contributed by atoms with Gasteiger partial charge in [-0.2, -0.15) is 5.10 Å². The molecule has 0 spiro atoms. The van der Waals surface area contributed by atoms with Crippen molar-refractivity contribution in [3.8, 4) is 22.8 Å². The Morgan fingerprint density at radius 3 is 2.74 bits per heavy atom. The number of carbonyl (C=O) groups is 1. The Morgan fingerprint density at radius 2 is 2.03 bits per heavy atom. The number of hydrazone groups is 1. The molecular formula is C20H15BrClN3O6. The average molecular weight is 509 g/mol. The van der Waals surface area contributed by atoms with Crippen molar-refractivity contribution in [3.05, 3.63) is 73.9 Å². The standard InChI is InChI=1S/C20H15BrClN3O6/c1-29-18-5-2-12(8-15(18)22)17-7-4-14(31-17)10-23-24-20(26)11-30-19-6-3-13(21)9-16(19)25(27)28/h2-10H,11H2,1H3,(H,24,26)/b23-10-. The molecule has 31 heavy (non-hydrogen) atoms. The number of halogens is 2. The number of furan rings is 1. The van der Waals surface area contributed by atoms with Crippen LogP contribution in [-0.2, 0) is 4.79 Å². The third kappa shape index (κ3) is 5.83. The van der Waals surface area contributed by atoms with Crippen LogP contribution in [0.25, 0.3) is 11.3 Å². The molecule has 0 atom stereocenters. The molecule has 1 heterocycles. The van der Waals surface area contributed by atoms with Gasteiger partial charge in [0.2, 0.25) is 0 Å². The van der Waals surface area contributed by atoms with Crippen LogP contribution in [0.1, 0.15) is 5.76 Å². The van der Waals surface area contributed by atoms with Crippen LogP contribution in [0.3, 0.4) is 0 Å². The quantitative estimate of drug-likeness (QED) is 0.265. The maximum atomic E-state index is 11.9. The van der Waals surface area contributed by atoms with Gasteiger partial charge in [0.25, 0.3) is 5.91 Å². The number of ether oxygens (including phenoxy) is 2. The number of methoxy groups -OCH3 is 1. The summed E-state index contributed by atoms with van der Waals surface area (Å²) in [6.07, 6.45) is 1.31. The van der Waals surface area contributed by atoms with Crippen molar-refractivity contribution in [2.75, 3.05) is 13.7 Å². The number of amides is 1. The number of benzene rings is 2. The molecule has 2 aromatic carbocycles. The third-order valence-electron chi connectivity index (χ3n) is 3.92. The molecule has 0 fully saturated rings. The number of hydrogen-bond donors (Lipinski definition) is 1. The molecule has 1 amide bonds. The molecule has 11 heteroatoms. The first-order valence-corrected chi connectivity index (χ1v) is 9.87. The van der Waals surface area contributed by atoms with E-state index in [1.807, 2.05) is 0 Å². The topological polar surface area (TPSA) is 116 Å². The molecule has 160 valence electrons. The second-order valence-electron chi connectivity index (χ2n) is 6.00. The van der Waals surface area contributed by atoms with Crippen LogP contribution < -0.4 is 14.9 Å². The van der Waals surface area contributed by atoms with Crippen LogP contribution in [0.4, 0.5) is 5.69 Å². The fourth-order valence-corrected chi connectivity index (χ4v) is 3.10. The highest BCUT2D eigenvalue weighted by Crippen LogP contribution is 2.31. The van der Waals surface area contributed by atoms with Gasteiger partial charge in [-0.05, 0) is 42.5 Å². The maximum Gasteiger partial charge on any atom is 0.312 e. The summed E-state index contributed by atoms with van der Waals surface area (Å²) in [6.45, 7) is -0.451. The van der Waals surface area contributed by atoms with Gasteiger partial charge >= 0.3 is 5.69 Å². The average Bonchev–Trinajstić information content (AvgIpc) is 3.21. The highest BCUT2D eigenvalue weighted by molar-refractivity contribution is 9.10. The fourth-order valence-electron chi connectivity index (χ4n) is 2.50. The number of nitrogens with zero attached hydrogens (tertiary/aromatic N) is 2. The summed E-state index contributed by atoms with van der Waals surface area (Å²) in [7, 11) is 1.53. The van der Waals surface area contributed by atoms with Crippen molar-refractivity contribution in [1.82, 2.24) is 5.43 Å². The smallest absolute Gasteiger partial charge is 0.312 e. The van der Waals surface area contributed by atoms with E-state index < -0.39 is 17.4 Å². The van der Waals surface area contributed by atoms with Gasteiger partial charge in [-0.25, -0.2) is 5.43 Å². The zero-order chi connectivity index (χ0) is 22.4. The maximum absolute atomic E-state index is 11.9. The minimum Gasteiger partial charge on any atom is -0.495 e. The summed E-state index contributed by atoms with van der Waals surface area (Å²) in [6, 6.07) is 12.9. The Labute approximate surface area is 189 Å². The molecule has 0 aliphatic carbocycles. The van der Waals surface area contributed by atoms with Crippen LogP contribution in [0.5, 0.6) is 11.5 Å². The molecule has 3 aromatic rings. The number of nitro groups is 1. The third-order valence-corrected chi connectivity index (χ3v) is 4.71. The molecule has 0 aliphatic heterocycles. The summed E-state index contributed by atoms with van der Waals surface area (Å²) in [5.74, 6) is 0.885. The van der Waals surface area contributed by atoms with Crippen molar-refractivity contribution < 1.29 is 23.6 Å². The summed E-state index contributed by atoms with van der Waals surface area (Å²) in [4.78, 5) is 22.4. The normalized spacial score (nSPS) is 10.8. The number of carbonyl (C=O) groups excluding carboxylic acids is 1. The van der Waals surface area contributed by atoms with Crippen molar-refractivity contribution >= 4 is 45.3 Å². The Morgan fingerprint density at radius 1 is 1.26 bits per heavy atom. The van der Waals surface area contributed by atoms with Gasteiger partial charge < -0.3 is 13.9 Å². The number of nitro benzene ring substituents is 1. The largest absolute Gasteiger partial charge is 0.495 e. The summed E-state index contributed by atoms with van der Waals surface area (Å²) >= 11 is 9.27. The highest BCUT2D eigenvalue weighted by atomic mass is 79.9. The van der Waals surface area contributed by atoms with E-state index in [2.05, 4.69) is 26.5 Å². The first-order valence-electron chi connectivity index (χ1n) is 8.70. The van der Waals surface area contributed by atoms with Crippen LogP contribution in [-0.4, -0.2) is 30.8 Å². The fraction of sp³-hybridized carbons (Fsp3) is 0.100. The van der Waals surface area contributed by atoms with Crippen molar-refractivity contribution in [2.24, 2.45) is 5.10 Å². The van der Waals surface area contributed by atoms with Crippen molar-refractivity contribution in [2.45, 2.75) is 0 Å². The zero-order valence-electron chi connectivity index (χ0n) is 16.0. The Hall–Kier alpha value is -3.37. The lowest BCUT2D eigenvalue weighted by atomic mass is 10.2. The predicted octanol–water partition coefficient (Wildman–Crippen LogP) is 4.81. The number of nitrogens with one attached hydrogen (secondary N) is 1. The Bertz CT molecular complexity index is 1150. The van der Waals surface area contributed by atoms with Gasteiger partial charge in [-0.1, -0.05) is 27.5 Å². The molecule has 0 unspecified atom stereocenters. The second kappa shape index (κ2) is 10.1. The zero-order valence-corrected chi connectivity index (χ0v) is 18.3. The van der Waals surface area contributed by atoms with E-state index in [0.717, 1.165) is 5.56 Å². The number of rotatable bonds is 8. The molecule has 0 radical (unpaired) electrons. The molecule has 0 saturated heterocycles. The first kappa shape index (κ1) is 22.3. The lowest BCUT2D eigenvalue weighted by Gasteiger charge is -2.05. The van der Waals surface area contributed by atoms with Gasteiger partial charge in [-0.15, -0.1) is 0 Å². The summed E-state index contributed by atoms with van der Waals surface area (Å²) in [5, 5.41) is 15.3. The van der Waals surface area contributed by atoms with E-state index in [0.29, 0.717) is 26.8 Å². The molecule has 3 rings (SSSR count). The molecular weight excluding hydrogens is 494 g/mol. The van der Waals surface area contributed by atoms with Crippen molar-refractivity contribution in [3.63, 3.8) is 0 Å². The first-order chi connectivity index (χ1) is 14.9. The molecule has 0 bridgehead atoms. The van der Waals surface area contributed by atoms with E-state index in [4.69, 9.17) is 25.5 Å². The van der Waals surface area contributed by atoms with Crippen LogP contribution >= 0.6 is 27.5 Å². The molecule has 1 aromatic heterocycles. The van der Waals surface area contributed by atoms with E-state index in [1.165, 1.54) is 25.5 Å². The Kier molecular flexibility index (Phi) is 7.27. The monoisotopic (exact) mass is 507 g/mol. The lowest BCUT2D eigenvalue weighted by molar-refractivity contribution is -0.385. The van der Waals surface area contributed by atoms with E-state index in [1.54, 1.807) is 36.4 Å². The van der Waals surface area contributed by atoms with E-state index >= 15 is 0 Å². The van der Waals surface area contributed by atoms with Crippen molar-refractivity contribution in [1.29, 1.82) is 0 Å². The van der Waals surface area contributed by atoms with Gasteiger partial charge in [0.1, 0.15) is 17.3 Å². The van der Waals surface area contributed by atoms with Crippen LogP contribution in [0.15, 0.2) is 62.5 Å². The molecule has 0 saturated carbocycles. The van der Waals surface area contributed by atoms with Gasteiger partial charge in [0.15, 0.2) is 12.4 Å². The predicted molar refractivity (Wildman–Crippen MR) is 118 cm³/mol. The van der Waals surface area contributed by atoms with Crippen LogP contribution in [0.2, 0.25) is 5.02 Å². The second-order valence-corrected chi connectivity index (χ2v) is 7.33. The van der Waals surface area contributed by atoms with Gasteiger partial charge in [0, 0.05) is 16.1 Å². The van der Waals surface area contributed by atoms with Gasteiger partial charge in [0.05, 0.1) is 23.3 Å². The molecule has 1 N–H and O–H groups in total. The van der Waals surface area contributed by atoms with Gasteiger partial charge in [-0.3, -0.25) is 14.9 Å². The summed E-state index contributed by atoms with van der Waals surface area (Å²) in [5.41, 5.74) is 2.76. The molecule has 9 nitrogen and oxygen atoms in total. The summed E-state index contributed by atoms with van der Waals surface area (Å²) < 4.78 is 16.5. The lowest BCUT2D eigenvalue weighted by Crippen LogP contribution is -2.24. The minimum atomic E-state index is -0.597. The van der Waals surface area contributed by atoms with E-state index in [9.17, 15) is 14.9 Å². The Balaban J connectivity index is 1.56. The minimum absolute atomic E-state index is 0.0267. The molecule has 0 aliphatic rings. The number of hydrogen-bond acceptors (Lipinski definition) is 7. The SMILES string of the molecule is COc1ccc(-c2ccc(/C=N\NC(=O)COc3ccc(Br)cc3[N+](=O)[O-])o2)cc1Cl. The van der Waals surface area contributed by atoms with E-state index in [-0.39, 0.29) is 11.4 Å².